The second-order valence-electron chi connectivity index (χ2n) is 11.7. The predicted molar refractivity (Wildman–Crippen MR) is 168 cm³/mol. The summed E-state index contributed by atoms with van der Waals surface area (Å²) in [6, 6.07) is 6.13. The van der Waals surface area contributed by atoms with Gasteiger partial charge in [-0.3, -0.25) is 14.4 Å². The van der Waals surface area contributed by atoms with Gasteiger partial charge in [-0.15, -0.1) is 17.8 Å². The van der Waals surface area contributed by atoms with Gasteiger partial charge in [0.05, 0.1) is 55.2 Å². The SMILES string of the molecule is C#CCOCCOCCOCCC(=O)N[C@H](C(=O)N1C[C@H](O)C[C@H]1C(=O)NCc1ccc(-c2scnc2C)cc1)C(C)(C)C. The van der Waals surface area contributed by atoms with Gasteiger partial charge in [-0.25, -0.2) is 4.98 Å². The first-order valence-corrected chi connectivity index (χ1v) is 15.6. The van der Waals surface area contributed by atoms with Gasteiger partial charge in [0.1, 0.15) is 18.7 Å². The molecule has 2 heterocycles. The van der Waals surface area contributed by atoms with Gasteiger partial charge < -0.3 is 34.9 Å². The molecule has 12 heteroatoms. The molecule has 1 aromatic heterocycles. The van der Waals surface area contributed by atoms with Gasteiger partial charge in [-0.2, -0.15) is 0 Å². The van der Waals surface area contributed by atoms with Crippen LogP contribution in [-0.4, -0.2) is 97.1 Å². The van der Waals surface area contributed by atoms with Crippen molar-refractivity contribution in [2.45, 2.75) is 65.3 Å². The number of carbonyl (C=O) groups is 3. The summed E-state index contributed by atoms with van der Waals surface area (Å²) < 4.78 is 15.9. The average Bonchev–Trinajstić information content (AvgIpc) is 3.60. The standard InChI is InChI=1S/C32H44N4O7S/c1-6-12-41-14-16-43-17-15-42-13-11-27(38)35-29(32(3,4)5)31(40)36-20-25(37)18-26(36)30(39)33-19-23-7-9-24(10-8-23)28-22(2)34-21-44-28/h1,7-10,21,25-26,29,37H,11-20H2,2-5H3,(H,33,39)(H,35,38)/t25-,26+,29-/m1/s1. The number of nitrogens with one attached hydrogen (secondary N) is 2. The molecule has 3 amide bonds. The fourth-order valence-electron chi connectivity index (χ4n) is 4.75. The Kier molecular flexibility index (Phi) is 13.8. The predicted octanol–water partition coefficient (Wildman–Crippen LogP) is 2.30. The fourth-order valence-corrected chi connectivity index (χ4v) is 5.56. The summed E-state index contributed by atoms with van der Waals surface area (Å²) in [5.41, 5.74) is 4.11. The number of aromatic nitrogens is 1. The van der Waals surface area contributed by atoms with Gasteiger partial charge in [0, 0.05) is 25.9 Å². The number of hydrogen-bond acceptors (Lipinski definition) is 9. The number of likely N-dealkylation sites (tertiary alicyclic amines) is 1. The number of rotatable bonds is 16. The molecular formula is C32H44N4O7S. The zero-order chi connectivity index (χ0) is 32.1. The molecule has 1 saturated heterocycles. The summed E-state index contributed by atoms with van der Waals surface area (Å²) in [7, 11) is 0. The zero-order valence-corrected chi connectivity index (χ0v) is 26.8. The molecule has 1 fully saturated rings. The third kappa shape index (κ3) is 10.7. The van der Waals surface area contributed by atoms with Crippen molar-refractivity contribution >= 4 is 29.1 Å². The first kappa shape index (κ1) is 35.1. The van der Waals surface area contributed by atoms with E-state index in [1.807, 2.05) is 57.5 Å². The summed E-state index contributed by atoms with van der Waals surface area (Å²) in [4.78, 5) is 46.5. The smallest absolute Gasteiger partial charge is 0.246 e. The van der Waals surface area contributed by atoms with Crippen molar-refractivity contribution in [3.05, 3.63) is 41.0 Å². The van der Waals surface area contributed by atoms with E-state index in [1.165, 1.54) is 4.90 Å². The van der Waals surface area contributed by atoms with E-state index in [2.05, 4.69) is 21.5 Å². The molecule has 3 atom stereocenters. The van der Waals surface area contributed by atoms with Gasteiger partial charge in [0.25, 0.3) is 0 Å². The number of carbonyl (C=O) groups excluding carboxylic acids is 3. The monoisotopic (exact) mass is 628 g/mol. The first-order chi connectivity index (χ1) is 21.0. The van der Waals surface area contributed by atoms with Crippen LogP contribution >= 0.6 is 11.3 Å². The van der Waals surface area contributed by atoms with Gasteiger partial charge in [0.2, 0.25) is 17.7 Å². The Labute approximate surface area is 263 Å². The lowest BCUT2D eigenvalue weighted by molar-refractivity contribution is -0.144. The van der Waals surface area contributed by atoms with E-state index in [4.69, 9.17) is 20.6 Å². The molecule has 1 aliphatic heterocycles. The van der Waals surface area contributed by atoms with E-state index >= 15 is 0 Å². The van der Waals surface area contributed by atoms with Crippen molar-refractivity contribution in [2.24, 2.45) is 5.41 Å². The molecule has 0 aliphatic carbocycles. The zero-order valence-electron chi connectivity index (χ0n) is 26.0. The number of aryl methyl sites for hydroxylation is 1. The van der Waals surface area contributed by atoms with Crippen molar-refractivity contribution in [2.75, 3.05) is 46.2 Å². The largest absolute Gasteiger partial charge is 0.391 e. The molecule has 1 aromatic carbocycles. The third-order valence-corrected chi connectivity index (χ3v) is 8.09. The summed E-state index contributed by atoms with van der Waals surface area (Å²) in [5, 5.41) is 16.2. The Balaban J connectivity index is 1.50. The van der Waals surface area contributed by atoms with Crippen LogP contribution in [-0.2, 0) is 35.1 Å². The molecule has 240 valence electrons. The first-order valence-electron chi connectivity index (χ1n) is 14.7. The number of ether oxygens (including phenoxy) is 3. The average molecular weight is 629 g/mol. The molecule has 0 spiro atoms. The minimum Gasteiger partial charge on any atom is -0.391 e. The topological polar surface area (TPSA) is 139 Å². The lowest BCUT2D eigenvalue weighted by atomic mass is 9.85. The van der Waals surface area contributed by atoms with Crippen molar-refractivity contribution in [1.29, 1.82) is 0 Å². The van der Waals surface area contributed by atoms with E-state index in [-0.39, 0.29) is 51.0 Å². The Hall–Kier alpha value is -3.34. The Morgan fingerprint density at radius 1 is 1.11 bits per heavy atom. The molecule has 0 unspecified atom stereocenters. The minimum atomic E-state index is -0.898. The van der Waals surface area contributed by atoms with Gasteiger partial charge in [0.15, 0.2) is 0 Å². The van der Waals surface area contributed by atoms with Gasteiger partial charge >= 0.3 is 0 Å². The third-order valence-electron chi connectivity index (χ3n) is 7.11. The van der Waals surface area contributed by atoms with Crippen LogP contribution in [0.15, 0.2) is 29.8 Å². The molecular weight excluding hydrogens is 584 g/mol. The number of amides is 3. The highest BCUT2D eigenvalue weighted by Crippen LogP contribution is 2.28. The molecule has 1 aliphatic rings. The second-order valence-corrected chi connectivity index (χ2v) is 12.5. The molecule has 0 bridgehead atoms. The van der Waals surface area contributed by atoms with Crippen LogP contribution in [0.1, 0.15) is 44.9 Å². The lowest BCUT2D eigenvalue weighted by Gasteiger charge is -2.35. The van der Waals surface area contributed by atoms with E-state index < -0.39 is 29.5 Å². The molecule has 44 heavy (non-hydrogen) atoms. The Morgan fingerprint density at radius 2 is 1.77 bits per heavy atom. The van der Waals surface area contributed by atoms with Crippen LogP contribution in [0, 0.1) is 24.7 Å². The number of aliphatic hydroxyl groups excluding tert-OH is 1. The maximum Gasteiger partial charge on any atom is 0.246 e. The van der Waals surface area contributed by atoms with Gasteiger partial charge in [-0.05, 0) is 23.5 Å². The minimum absolute atomic E-state index is 0.0130. The maximum atomic E-state index is 13.7. The molecule has 3 N–H and O–H groups in total. The molecule has 11 nitrogen and oxygen atoms in total. The van der Waals surface area contributed by atoms with Crippen molar-refractivity contribution < 1.29 is 33.7 Å². The normalized spacial score (nSPS) is 17.2. The number of hydrogen-bond donors (Lipinski definition) is 3. The van der Waals surface area contributed by atoms with Crippen LogP contribution < -0.4 is 10.6 Å². The summed E-state index contributed by atoms with van der Waals surface area (Å²) in [6.45, 7) is 9.63. The highest BCUT2D eigenvalue weighted by atomic mass is 32.1. The second kappa shape index (κ2) is 17.2. The number of aliphatic hydroxyl groups is 1. The van der Waals surface area contributed by atoms with Crippen molar-refractivity contribution in [3.63, 3.8) is 0 Å². The lowest BCUT2D eigenvalue weighted by Crippen LogP contribution is -2.57. The highest BCUT2D eigenvalue weighted by molar-refractivity contribution is 7.13. The number of benzene rings is 1. The molecule has 0 radical (unpaired) electrons. The summed E-state index contributed by atoms with van der Waals surface area (Å²) in [5.74, 6) is 1.26. The maximum absolute atomic E-state index is 13.7. The van der Waals surface area contributed by atoms with E-state index in [0.717, 1.165) is 21.7 Å². The van der Waals surface area contributed by atoms with Crippen LogP contribution in [0.4, 0.5) is 0 Å². The fraction of sp³-hybridized carbons (Fsp3) is 0.562. The van der Waals surface area contributed by atoms with Crippen LogP contribution in [0.3, 0.4) is 0 Å². The quantitative estimate of drug-likeness (QED) is 0.190. The Bertz CT molecular complexity index is 1270. The van der Waals surface area contributed by atoms with E-state index in [1.54, 1.807) is 11.3 Å². The number of thiazole rings is 1. The number of β-amino-alcohol motifs (C(OH)–C–C–N with tert-alkyl or cyclic N) is 1. The van der Waals surface area contributed by atoms with Crippen molar-refractivity contribution in [3.8, 4) is 22.8 Å². The van der Waals surface area contributed by atoms with Crippen LogP contribution in [0.2, 0.25) is 0 Å². The van der Waals surface area contributed by atoms with Crippen LogP contribution in [0.25, 0.3) is 10.4 Å². The van der Waals surface area contributed by atoms with Gasteiger partial charge in [-0.1, -0.05) is 51.0 Å². The van der Waals surface area contributed by atoms with E-state index in [0.29, 0.717) is 26.4 Å². The molecule has 0 saturated carbocycles. The highest BCUT2D eigenvalue weighted by Gasteiger charge is 2.44. The molecule has 3 rings (SSSR count). The van der Waals surface area contributed by atoms with Crippen molar-refractivity contribution in [1.82, 2.24) is 20.5 Å². The summed E-state index contributed by atoms with van der Waals surface area (Å²) in [6.07, 6.45) is 4.44. The van der Waals surface area contributed by atoms with Crippen LogP contribution in [0.5, 0.6) is 0 Å². The summed E-state index contributed by atoms with van der Waals surface area (Å²) >= 11 is 1.58. The van der Waals surface area contributed by atoms with E-state index in [9.17, 15) is 19.5 Å². The number of terminal acetylenes is 1. The number of nitrogens with zero attached hydrogens (tertiary/aromatic N) is 2. The molecule has 2 aromatic rings. The Morgan fingerprint density at radius 3 is 2.39 bits per heavy atom.